The number of nitrogens with zero attached hydrogens (tertiary/aromatic N) is 2. The third-order valence-corrected chi connectivity index (χ3v) is 5.31. The van der Waals surface area contributed by atoms with E-state index in [0.717, 1.165) is 0 Å². The molecule has 0 saturated carbocycles. The van der Waals surface area contributed by atoms with E-state index >= 15 is 0 Å². The second kappa shape index (κ2) is 7.41. The molecule has 22 heavy (non-hydrogen) atoms. The molecule has 0 amide bonds. The van der Waals surface area contributed by atoms with Crippen LogP contribution >= 0.6 is 11.6 Å². The molecule has 0 aliphatic heterocycles. The topological polar surface area (TPSA) is 50.3 Å². The van der Waals surface area contributed by atoms with Gasteiger partial charge in [0.05, 0.1) is 5.02 Å². The Labute approximate surface area is 135 Å². The van der Waals surface area contributed by atoms with Gasteiger partial charge in [0.2, 0.25) is 10.0 Å². The largest absolute Gasteiger partial charge is 0.248 e. The third kappa shape index (κ3) is 4.08. The van der Waals surface area contributed by atoms with Crippen molar-refractivity contribution in [1.29, 1.82) is 0 Å². The summed E-state index contributed by atoms with van der Waals surface area (Å²) in [5.41, 5.74) is 0.666. The molecule has 6 heteroatoms. The summed E-state index contributed by atoms with van der Waals surface area (Å²) in [5, 5.41) is 0.217. The zero-order valence-electron chi connectivity index (χ0n) is 12.0. The van der Waals surface area contributed by atoms with E-state index < -0.39 is 10.0 Å². The lowest BCUT2D eigenvalue weighted by Crippen LogP contribution is -2.28. The van der Waals surface area contributed by atoms with Gasteiger partial charge < -0.3 is 0 Å². The van der Waals surface area contributed by atoms with Gasteiger partial charge in [0, 0.05) is 26.2 Å². The maximum Gasteiger partial charge on any atom is 0.244 e. The normalized spacial score (nSPS) is 11.0. The predicted molar refractivity (Wildman–Crippen MR) is 87.0 cm³/mol. The molecule has 1 aromatic carbocycles. The summed E-state index contributed by atoms with van der Waals surface area (Å²) in [6.45, 7) is 0.285. The monoisotopic (exact) mass is 334 g/mol. The maximum absolute atomic E-state index is 12.4. The van der Waals surface area contributed by atoms with Crippen LogP contribution in [0, 0.1) is 11.8 Å². The van der Waals surface area contributed by atoms with Gasteiger partial charge in [-0.2, -0.15) is 4.31 Å². The molecule has 0 atom stereocenters. The molecule has 0 spiro atoms. The van der Waals surface area contributed by atoms with Crippen LogP contribution in [0.15, 0.2) is 53.6 Å². The van der Waals surface area contributed by atoms with Crippen molar-refractivity contribution in [2.24, 2.45) is 0 Å². The van der Waals surface area contributed by atoms with Crippen molar-refractivity contribution in [3.8, 4) is 11.8 Å². The molecule has 1 heterocycles. The van der Waals surface area contributed by atoms with Crippen molar-refractivity contribution in [1.82, 2.24) is 9.29 Å². The molecule has 0 unspecified atom stereocenters. The number of benzene rings is 1. The number of halogens is 1. The van der Waals surface area contributed by atoms with Crippen molar-refractivity contribution >= 4 is 21.6 Å². The molecule has 0 radical (unpaired) electrons. The van der Waals surface area contributed by atoms with Gasteiger partial charge in [0.1, 0.15) is 10.6 Å². The smallest absolute Gasteiger partial charge is 0.244 e. The van der Waals surface area contributed by atoms with Crippen molar-refractivity contribution < 1.29 is 8.42 Å². The average Bonchev–Trinajstić information content (AvgIpc) is 2.52. The van der Waals surface area contributed by atoms with Crippen molar-refractivity contribution in [3.05, 3.63) is 59.4 Å². The van der Waals surface area contributed by atoms with Crippen LogP contribution in [0.25, 0.3) is 0 Å². The highest BCUT2D eigenvalue weighted by atomic mass is 35.5. The van der Waals surface area contributed by atoms with Gasteiger partial charge in [0.25, 0.3) is 0 Å². The lowest BCUT2D eigenvalue weighted by molar-refractivity contribution is 0.477. The quantitative estimate of drug-likeness (QED) is 0.808. The van der Waals surface area contributed by atoms with E-state index in [9.17, 15) is 8.42 Å². The summed E-state index contributed by atoms with van der Waals surface area (Å²) in [5.74, 6) is 5.81. The summed E-state index contributed by atoms with van der Waals surface area (Å²) in [4.78, 5) is 4.19. The first-order valence-electron chi connectivity index (χ1n) is 6.62. The van der Waals surface area contributed by atoms with Crippen molar-refractivity contribution in [2.45, 2.75) is 11.3 Å². The zero-order chi connectivity index (χ0) is 16.0. The molecule has 0 aliphatic carbocycles. The Morgan fingerprint density at radius 3 is 2.59 bits per heavy atom. The van der Waals surface area contributed by atoms with Gasteiger partial charge in [-0.3, -0.25) is 0 Å². The fourth-order valence-electron chi connectivity index (χ4n) is 1.75. The standard InChI is InChI=1S/C16H15ClN2O2S/c1-19(13-7-5-9-14-8-4-6-12-18-14)22(20,21)16-11-3-2-10-15(16)17/h2-4,6,8,10-12H,7,13H2,1H3. The van der Waals surface area contributed by atoms with Gasteiger partial charge >= 0.3 is 0 Å². The van der Waals surface area contributed by atoms with Gasteiger partial charge in [-0.25, -0.2) is 13.4 Å². The molecular weight excluding hydrogens is 320 g/mol. The number of hydrogen-bond donors (Lipinski definition) is 0. The molecular formula is C16H15ClN2O2S. The predicted octanol–water partition coefficient (Wildman–Crippen LogP) is 2.80. The lowest BCUT2D eigenvalue weighted by atomic mass is 10.3. The number of sulfonamides is 1. The number of rotatable bonds is 4. The van der Waals surface area contributed by atoms with E-state index in [1.807, 2.05) is 12.1 Å². The Morgan fingerprint density at radius 2 is 1.91 bits per heavy atom. The Kier molecular flexibility index (Phi) is 5.56. The highest BCUT2D eigenvalue weighted by Gasteiger charge is 2.22. The van der Waals surface area contributed by atoms with E-state index in [1.54, 1.807) is 30.5 Å². The molecule has 0 N–H and O–H groups in total. The van der Waals surface area contributed by atoms with Crippen LogP contribution in [0.3, 0.4) is 0 Å². The van der Waals surface area contributed by atoms with E-state index in [0.29, 0.717) is 12.1 Å². The molecule has 2 aromatic rings. The first-order valence-corrected chi connectivity index (χ1v) is 8.44. The fourth-order valence-corrected chi connectivity index (χ4v) is 3.41. The molecule has 0 aliphatic rings. The van der Waals surface area contributed by atoms with Crippen LogP contribution in [-0.4, -0.2) is 31.3 Å². The first kappa shape index (κ1) is 16.5. The van der Waals surface area contributed by atoms with Crippen LogP contribution in [0.4, 0.5) is 0 Å². The zero-order valence-corrected chi connectivity index (χ0v) is 13.6. The van der Waals surface area contributed by atoms with Gasteiger partial charge in [0.15, 0.2) is 0 Å². The molecule has 0 fully saturated rings. The van der Waals surface area contributed by atoms with Crippen LogP contribution in [0.2, 0.25) is 5.02 Å². The molecule has 0 saturated heterocycles. The van der Waals surface area contributed by atoms with Crippen LogP contribution < -0.4 is 0 Å². The minimum absolute atomic E-state index is 0.108. The Morgan fingerprint density at radius 1 is 1.18 bits per heavy atom. The minimum atomic E-state index is -3.60. The van der Waals surface area contributed by atoms with Crippen LogP contribution in [0.1, 0.15) is 12.1 Å². The second-order valence-corrected chi connectivity index (χ2v) is 6.94. The van der Waals surface area contributed by atoms with Crippen molar-refractivity contribution in [2.75, 3.05) is 13.6 Å². The number of aromatic nitrogens is 1. The van der Waals surface area contributed by atoms with E-state index in [1.165, 1.54) is 17.4 Å². The third-order valence-electron chi connectivity index (χ3n) is 2.96. The van der Waals surface area contributed by atoms with E-state index in [2.05, 4.69) is 16.8 Å². The van der Waals surface area contributed by atoms with Gasteiger partial charge in [-0.1, -0.05) is 35.7 Å². The average molecular weight is 335 g/mol. The summed E-state index contributed by atoms with van der Waals surface area (Å²) in [7, 11) is -2.08. The van der Waals surface area contributed by atoms with Gasteiger partial charge in [-0.05, 0) is 30.2 Å². The molecule has 1 aromatic heterocycles. The summed E-state index contributed by atoms with van der Waals surface area (Å²) in [6, 6.07) is 11.9. The van der Waals surface area contributed by atoms with E-state index in [4.69, 9.17) is 11.6 Å². The van der Waals surface area contributed by atoms with E-state index in [-0.39, 0.29) is 16.5 Å². The Bertz CT molecular complexity index is 796. The number of hydrogen-bond acceptors (Lipinski definition) is 3. The summed E-state index contributed by atoms with van der Waals surface area (Å²) < 4.78 is 26.0. The molecule has 0 bridgehead atoms. The Balaban J connectivity index is 2.02. The summed E-state index contributed by atoms with van der Waals surface area (Å²) in [6.07, 6.45) is 2.08. The second-order valence-electron chi connectivity index (χ2n) is 4.52. The first-order chi connectivity index (χ1) is 10.5. The molecule has 4 nitrogen and oxygen atoms in total. The minimum Gasteiger partial charge on any atom is -0.248 e. The van der Waals surface area contributed by atoms with Crippen LogP contribution in [-0.2, 0) is 10.0 Å². The van der Waals surface area contributed by atoms with Crippen LogP contribution in [0.5, 0.6) is 0 Å². The fraction of sp³-hybridized carbons (Fsp3) is 0.188. The van der Waals surface area contributed by atoms with Crippen molar-refractivity contribution in [3.63, 3.8) is 0 Å². The molecule has 2 rings (SSSR count). The highest BCUT2D eigenvalue weighted by Crippen LogP contribution is 2.23. The number of pyridine rings is 1. The maximum atomic E-state index is 12.4. The Hall–Kier alpha value is -1.87. The molecule has 114 valence electrons. The van der Waals surface area contributed by atoms with Gasteiger partial charge in [-0.15, -0.1) is 0 Å². The lowest BCUT2D eigenvalue weighted by Gasteiger charge is -2.16. The SMILES string of the molecule is CN(CCC#Cc1ccccn1)S(=O)(=O)c1ccccc1Cl. The summed E-state index contributed by atoms with van der Waals surface area (Å²) >= 11 is 5.95. The highest BCUT2D eigenvalue weighted by molar-refractivity contribution is 7.89.